The number of fused-ring (bicyclic) bond motifs is 1. The van der Waals surface area contributed by atoms with Crippen LogP contribution in [0.15, 0.2) is 61.1 Å². The molecule has 0 amide bonds. The molecule has 3 heterocycles. The third-order valence-electron chi connectivity index (χ3n) is 8.91. The summed E-state index contributed by atoms with van der Waals surface area (Å²) in [4.78, 5) is 4.78. The van der Waals surface area contributed by atoms with Gasteiger partial charge in [0.25, 0.3) is 0 Å². The van der Waals surface area contributed by atoms with Gasteiger partial charge in [-0.25, -0.2) is 9.67 Å². The van der Waals surface area contributed by atoms with Crippen LogP contribution in [0.3, 0.4) is 0 Å². The maximum atomic E-state index is 6.68. The Morgan fingerprint density at radius 1 is 1.07 bits per heavy atom. The highest BCUT2D eigenvalue weighted by molar-refractivity contribution is 6.74. The lowest BCUT2D eigenvalue weighted by molar-refractivity contribution is -0.0365. The zero-order valence-electron chi connectivity index (χ0n) is 27.4. The Morgan fingerprint density at radius 2 is 1.89 bits per heavy atom. The smallest absolute Gasteiger partial charge is 0.250 e. The zero-order valence-corrected chi connectivity index (χ0v) is 28.4. The highest BCUT2D eigenvalue weighted by Gasteiger charge is 2.39. The molecule has 0 saturated carbocycles. The average Bonchev–Trinajstić information content (AvgIpc) is 3.62. The number of benzene rings is 2. The van der Waals surface area contributed by atoms with Crippen molar-refractivity contribution < 1.29 is 18.6 Å². The Morgan fingerprint density at radius 3 is 2.64 bits per heavy atom. The average molecular weight is 619 g/mol. The van der Waals surface area contributed by atoms with E-state index in [1.54, 1.807) is 0 Å². The van der Waals surface area contributed by atoms with Crippen molar-refractivity contribution in [3.63, 3.8) is 0 Å². The van der Waals surface area contributed by atoms with Crippen molar-refractivity contribution in [1.29, 1.82) is 0 Å². The Labute approximate surface area is 263 Å². The fourth-order valence-electron chi connectivity index (χ4n) is 5.16. The van der Waals surface area contributed by atoms with Gasteiger partial charge < -0.3 is 23.2 Å². The molecule has 4 aromatic rings. The van der Waals surface area contributed by atoms with E-state index < -0.39 is 8.32 Å². The predicted octanol–water partition coefficient (Wildman–Crippen LogP) is 8.39. The van der Waals surface area contributed by atoms with Crippen LogP contribution in [0.1, 0.15) is 71.6 Å². The summed E-state index contributed by atoms with van der Waals surface area (Å²) in [6.45, 7) is 17.1. The van der Waals surface area contributed by atoms with Gasteiger partial charge in [-0.05, 0) is 80.9 Å². The van der Waals surface area contributed by atoms with E-state index in [0.29, 0.717) is 19.8 Å². The number of aromatic nitrogens is 4. The molecule has 1 saturated heterocycles. The van der Waals surface area contributed by atoms with Crippen molar-refractivity contribution >= 4 is 19.2 Å². The van der Waals surface area contributed by atoms with Crippen LogP contribution >= 0.6 is 0 Å². The number of hydrogen-bond acceptors (Lipinski definition) is 6. The van der Waals surface area contributed by atoms with Crippen LogP contribution in [0.25, 0.3) is 22.3 Å². The summed E-state index contributed by atoms with van der Waals surface area (Å²) in [7, 11) is -1.99. The molecule has 0 bridgehead atoms. The van der Waals surface area contributed by atoms with E-state index in [1.807, 2.05) is 24.5 Å². The first-order valence-electron chi connectivity index (χ1n) is 16.2. The molecule has 0 spiro atoms. The molecule has 1 fully saturated rings. The molecule has 8 nitrogen and oxygen atoms in total. The van der Waals surface area contributed by atoms with E-state index in [0.717, 1.165) is 73.3 Å². The van der Waals surface area contributed by atoms with Gasteiger partial charge in [-0.2, -0.15) is 5.10 Å². The van der Waals surface area contributed by atoms with Gasteiger partial charge in [0.2, 0.25) is 8.32 Å². The summed E-state index contributed by atoms with van der Waals surface area (Å²) >= 11 is 0. The van der Waals surface area contributed by atoms with Crippen molar-refractivity contribution in [3.8, 4) is 17.1 Å². The SMILES string of the molecule is C[C@H](CCOCCCn1cnc(-c2nn(C3CCCCO3)c3ccc(O[Si](C)(C)C(C)(C)C)cc23)c1)OCc1ccccc1. The summed E-state index contributed by atoms with van der Waals surface area (Å²) in [5.41, 5.74) is 3.98. The molecule has 2 atom stereocenters. The molecule has 1 aliphatic rings. The van der Waals surface area contributed by atoms with E-state index in [2.05, 4.69) is 86.6 Å². The Hall–Kier alpha value is -2.98. The summed E-state index contributed by atoms with van der Waals surface area (Å²) in [5.74, 6) is 0.894. The number of aryl methyl sites for hydroxylation is 1. The van der Waals surface area contributed by atoms with Crippen LogP contribution in [0.5, 0.6) is 5.75 Å². The quantitative estimate of drug-likeness (QED) is 0.104. The van der Waals surface area contributed by atoms with Gasteiger partial charge in [0.15, 0.2) is 6.23 Å². The van der Waals surface area contributed by atoms with E-state index in [4.69, 9.17) is 28.7 Å². The maximum absolute atomic E-state index is 6.68. The third kappa shape index (κ3) is 8.18. The van der Waals surface area contributed by atoms with Crippen molar-refractivity contribution in [1.82, 2.24) is 19.3 Å². The molecule has 1 unspecified atom stereocenters. The van der Waals surface area contributed by atoms with Crippen molar-refractivity contribution in [2.24, 2.45) is 0 Å². The van der Waals surface area contributed by atoms with E-state index >= 15 is 0 Å². The van der Waals surface area contributed by atoms with Gasteiger partial charge in [0.1, 0.15) is 17.1 Å². The van der Waals surface area contributed by atoms with Gasteiger partial charge in [0, 0.05) is 37.9 Å². The van der Waals surface area contributed by atoms with Crippen LogP contribution < -0.4 is 4.43 Å². The number of hydrogen-bond donors (Lipinski definition) is 0. The Kier molecular flexibility index (Phi) is 10.6. The lowest BCUT2D eigenvalue weighted by Crippen LogP contribution is -2.43. The topological polar surface area (TPSA) is 72.6 Å². The molecule has 44 heavy (non-hydrogen) atoms. The van der Waals surface area contributed by atoms with Crippen LogP contribution in [-0.4, -0.2) is 53.6 Å². The molecule has 0 aliphatic carbocycles. The Balaban J connectivity index is 1.20. The summed E-state index contributed by atoms with van der Waals surface area (Å²) in [6, 6.07) is 16.6. The number of imidazole rings is 1. The van der Waals surface area contributed by atoms with Gasteiger partial charge in [0.05, 0.1) is 24.6 Å². The fourth-order valence-corrected chi connectivity index (χ4v) is 6.18. The molecular formula is C35H50N4O4Si. The first-order valence-corrected chi connectivity index (χ1v) is 19.1. The second kappa shape index (κ2) is 14.4. The summed E-state index contributed by atoms with van der Waals surface area (Å²) < 4.78 is 28.9. The van der Waals surface area contributed by atoms with E-state index in [1.165, 1.54) is 5.56 Å². The predicted molar refractivity (Wildman–Crippen MR) is 178 cm³/mol. The van der Waals surface area contributed by atoms with E-state index in [-0.39, 0.29) is 17.4 Å². The number of ether oxygens (including phenoxy) is 3. The van der Waals surface area contributed by atoms with Crippen LogP contribution in [0.2, 0.25) is 18.1 Å². The second-order valence-corrected chi connectivity index (χ2v) is 18.2. The lowest BCUT2D eigenvalue weighted by atomic mass is 10.1. The normalized spacial score (nSPS) is 16.8. The first-order chi connectivity index (χ1) is 21.1. The van der Waals surface area contributed by atoms with E-state index in [9.17, 15) is 0 Å². The summed E-state index contributed by atoms with van der Waals surface area (Å²) in [5, 5.41) is 6.25. The minimum atomic E-state index is -1.99. The minimum Gasteiger partial charge on any atom is -0.543 e. The lowest BCUT2D eigenvalue weighted by Gasteiger charge is -2.36. The number of nitrogens with zero attached hydrogens (tertiary/aromatic N) is 4. The van der Waals surface area contributed by atoms with Crippen molar-refractivity contribution in [3.05, 3.63) is 66.6 Å². The largest absolute Gasteiger partial charge is 0.543 e. The maximum Gasteiger partial charge on any atom is 0.250 e. The molecule has 238 valence electrons. The zero-order chi connectivity index (χ0) is 31.2. The highest BCUT2D eigenvalue weighted by Crippen LogP contribution is 2.39. The van der Waals surface area contributed by atoms with Crippen molar-refractivity contribution in [2.75, 3.05) is 19.8 Å². The monoisotopic (exact) mass is 618 g/mol. The molecule has 0 radical (unpaired) electrons. The van der Waals surface area contributed by atoms with Crippen molar-refractivity contribution in [2.45, 2.75) is 103 Å². The van der Waals surface area contributed by atoms with Gasteiger partial charge in [-0.15, -0.1) is 0 Å². The first kappa shape index (κ1) is 32.4. The standard InChI is InChI=1S/C35H50N4O4Si/c1-27(42-25-28-13-8-7-9-14-28)18-22-40-20-12-19-38-24-31(36-26-38)34-30-23-29(43-44(5,6)35(2,3)4)16-17-32(30)39(37-34)33-15-10-11-21-41-33/h7-9,13-14,16-17,23-24,26-27,33H,10-12,15,18-22,25H2,1-6H3/t27-,33?/m1/s1. The molecule has 1 aliphatic heterocycles. The van der Waals surface area contributed by atoms with Gasteiger partial charge >= 0.3 is 0 Å². The van der Waals surface area contributed by atoms with Gasteiger partial charge in [-0.3, -0.25) is 0 Å². The fraction of sp³-hybridized carbons (Fsp3) is 0.543. The molecule has 0 N–H and O–H groups in total. The molecule has 5 rings (SSSR count). The highest BCUT2D eigenvalue weighted by atomic mass is 28.4. The second-order valence-electron chi connectivity index (χ2n) is 13.5. The van der Waals surface area contributed by atoms with Gasteiger partial charge in [-0.1, -0.05) is 51.1 Å². The molecule has 2 aromatic heterocycles. The molecule has 9 heteroatoms. The Bertz CT molecular complexity index is 1470. The van der Waals surface area contributed by atoms with Crippen LogP contribution in [0.4, 0.5) is 0 Å². The molecular weight excluding hydrogens is 568 g/mol. The summed E-state index contributed by atoms with van der Waals surface area (Å²) in [6.07, 6.45) is 9.08. The van der Waals surface area contributed by atoms with Crippen LogP contribution in [0, 0.1) is 0 Å². The molecule has 2 aromatic carbocycles. The number of rotatable bonds is 14. The minimum absolute atomic E-state index is 0.0575. The van der Waals surface area contributed by atoms with Crippen LogP contribution in [-0.2, 0) is 27.4 Å². The third-order valence-corrected chi connectivity index (χ3v) is 13.3.